The molecular weight excluding hydrogens is 258 g/mol. The van der Waals surface area contributed by atoms with Crippen LogP contribution in [0.1, 0.15) is 0 Å². The first-order chi connectivity index (χ1) is 9.50. The van der Waals surface area contributed by atoms with Crippen molar-refractivity contribution < 1.29 is 14.7 Å². The topological polar surface area (TPSA) is 118 Å². The van der Waals surface area contributed by atoms with Gasteiger partial charge in [0.05, 0.1) is 0 Å². The largest absolute Gasteiger partial charge is 0.480 e. The molecule has 2 aromatic carbocycles. The summed E-state index contributed by atoms with van der Waals surface area (Å²) < 4.78 is 0. The van der Waals surface area contributed by atoms with E-state index in [9.17, 15) is 9.59 Å². The second-order valence-electron chi connectivity index (χ2n) is 4.41. The third-order valence-corrected chi connectivity index (χ3v) is 3.02. The molecule has 0 saturated carbocycles. The molecule has 6 nitrogen and oxygen atoms in total. The Morgan fingerprint density at radius 3 is 2.35 bits per heavy atom. The lowest BCUT2D eigenvalue weighted by Crippen LogP contribution is -2.53. The Balaban J connectivity index is 2.24. The van der Waals surface area contributed by atoms with Crippen molar-refractivity contribution in [2.45, 2.75) is 12.1 Å². The zero-order valence-corrected chi connectivity index (χ0v) is 10.6. The zero-order chi connectivity index (χ0) is 14.7. The van der Waals surface area contributed by atoms with Crippen molar-refractivity contribution >= 4 is 28.3 Å². The van der Waals surface area contributed by atoms with Crippen LogP contribution in [0.2, 0.25) is 0 Å². The van der Waals surface area contributed by atoms with Crippen molar-refractivity contribution in [3.8, 4) is 0 Å². The number of anilines is 1. The molecule has 1 amide bonds. The Bertz CT molecular complexity index is 652. The Morgan fingerprint density at radius 2 is 1.65 bits per heavy atom. The molecule has 0 heterocycles. The van der Waals surface area contributed by atoms with Crippen molar-refractivity contribution in [2.75, 3.05) is 5.32 Å². The SMILES string of the molecule is NC(C(=O)O)C(N)C(=O)Nc1cccc2ccccc12. The molecule has 0 fully saturated rings. The monoisotopic (exact) mass is 273 g/mol. The molecule has 0 aliphatic rings. The number of benzene rings is 2. The van der Waals surface area contributed by atoms with Gasteiger partial charge in [-0.25, -0.2) is 0 Å². The first-order valence-corrected chi connectivity index (χ1v) is 6.03. The summed E-state index contributed by atoms with van der Waals surface area (Å²) in [4.78, 5) is 22.6. The molecular formula is C14H15N3O3. The number of carbonyl (C=O) groups is 2. The summed E-state index contributed by atoms with van der Waals surface area (Å²) in [6, 6.07) is 10.2. The van der Waals surface area contributed by atoms with Crippen molar-refractivity contribution in [1.29, 1.82) is 0 Å². The Kier molecular flexibility index (Phi) is 3.97. The summed E-state index contributed by atoms with van der Waals surface area (Å²) in [5.74, 6) is -1.94. The standard InChI is InChI=1S/C14H15N3O3/c15-11(12(16)14(19)20)13(18)17-10-7-3-5-8-4-1-2-6-9(8)10/h1-7,11-12H,15-16H2,(H,17,18)(H,19,20). The summed E-state index contributed by atoms with van der Waals surface area (Å²) in [5.41, 5.74) is 11.4. The van der Waals surface area contributed by atoms with Crippen molar-refractivity contribution in [3.63, 3.8) is 0 Å². The number of nitrogens with two attached hydrogens (primary N) is 2. The highest BCUT2D eigenvalue weighted by molar-refractivity contribution is 6.05. The maximum Gasteiger partial charge on any atom is 0.322 e. The highest BCUT2D eigenvalue weighted by atomic mass is 16.4. The summed E-state index contributed by atoms with van der Waals surface area (Å²) in [5, 5.41) is 13.2. The normalized spacial score (nSPS) is 13.7. The second kappa shape index (κ2) is 5.68. The number of hydrogen-bond acceptors (Lipinski definition) is 4. The van der Waals surface area contributed by atoms with Crippen LogP contribution in [0.5, 0.6) is 0 Å². The molecule has 0 aliphatic heterocycles. The lowest BCUT2D eigenvalue weighted by atomic mass is 10.1. The van der Waals surface area contributed by atoms with Crippen LogP contribution in [0, 0.1) is 0 Å². The number of hydrogen-bond donors (Lipinski definition) is 4. The minimum Gasteiger partial charge on any atom is -0.480 e. The maximum atomic E-state index is 11.9. The number of rotatable bonds is 4. The molecule has 6 N–H and O–H groups in total. The van der Waals surface area contributed by atoms with Gasteiger partial charge < -0.3 is 21.9 Å². The van der Waals surface area contributed by atoms with Gasteiger partial charge in [-0.2, -0.15) is 0 Å². The van der Waals surface area contributed by atoms with Crippen LogP contribution >= 0.6 is 0 Å². The summed E-state index contributed by atoms with van der Waals surface area (Å²) in [6.07, 6.45) is 0. The van der Waals surface area contributed by atoms with Gasteiger partial charge in [-0.1, -0.05) is 36.4 Å². The Labute approximate surface area is 115 Å². The molecule has 2 aromatic rings. The van der Waals surface area contributed by atoms with Gasteiger partial charge >= 0.3 is 5.97 Å². The molecule has 6 heteroatoms. The summed E-state index contributed by atoms with van der Waals surface area (Å²) in [6.45, 7) is 0. The number of carbonyl (C=O) groups excluding carboxylic acids is 1. The summed E-state index contributed by atoms with van der Waals surface area (Å²) >= 11 is 0. The van der Waals surface area contributed by atoms with E-state index in [1.807, 2.05) is 30.3 Å². The third-order valence-electron chi connectivity index (χ3n) is 3.02. The van der Waals surface area contributed by atoms with Crippen LogP contribution in [0.3, 0.4) is 0 Å². The van der Waals surface area contributed by atoms with E-state index in [4.69, 9.17) is 16.6 Å². The van der Waals surface area contributed by atoms with Crippen molar-refractivity contribution in [1.82, 2.24) is 0 Å². The lowest BCUT2D eigenvalue weighted by Gasteiger charge is -2.16. The zero-order valence-electron chi connectivity index (χ0n) is 10.6. The van der Waals surface area contributed by atoms with Crippen LogP contribution in [0.25, 0.3) is 10.8 Å². The fourth-order valence-corrected chi connectivity index (χ4v) is 1.87. The lowest BCUT2D eigenvalue weighted by molar-refractivity contribution is -0.140. The number of fused-ring (bicyclic) bond motifs is 1. The van der Waals surface area contributed by atoms with E-state index in [0.717, 1.165) is 10.8 Å². The molecule has 2 atom stereocenters. The Morgan fingerprint density at radius 1 is 1.00 bits per heavy atom. The van der Waals surface area contributed by atoms with Crippen LogP contribution in [-0.4, -0.2) is 29.1 Å². The van der Waals surface area contributed by atoms with Crippen LogP contribution in [0.15, 0.2) is 42.5 Å². The van der Waals surface area contributed by atoms with Crippen molar-refractivity contribution in [2.24, 2.45) is 11.5 Å². The molecule has 0 aromatic heterocycles. The van der Waals surface area contributed by atoms with Crippen LogP contribution in [0.4, 0.5) is 5.69 Å². The average Bonchev–Trinajstić information content (AvgIpc) is 2.46. The molecule has 0 saturated heterocycles. The van der Waals surface area contributed by atoms with Crippen LogP contribution < -0.4 is 16.8 Å². The Hall–Kier alpha value is -2.44. The first kappa shape index (κ1) is 14.0. The minimum atomic E-state index is -1.44. The van der Waals surface area contributed by atoms with E-state index in [-0.39, 0.29) is 0 Å². The third kappa shape index (κ3) is 2.76. The predicted molar refractivity (Wildman–Crippen MR) is 76.2 cm³/mol. The number of aliphatic carboxylic acids is 1. The molecule has 0 aliphatic carbocycles. The number of carboxylic acid groups (broad SMARTS) is 1. The second-order valence-corrected chi connectivity index (χ2v) is 4.41. The summed E-state index contributed by atoms with van der Waals surface area (Å²) in [7, 11) is 0. The van der Waals surface area contributed by atoms with Gasteiger partial charge in [0, 0.05) is 11.1 Å². The van der Waals surface area contributed by atoms with Gasteiger partial charge in [0.2, 0.25) is 5.91 Å². The molecule has 0 bridgehead atoms. The highest BCUT2D eigenvalue weighted by Crippen LogP contribution is 2.22. The average molecular weight is 273 g/mol. The van der Waals surface area contributed by atoms with Crippen molar-refractivity contribution in [3.05, 3.63) is 42.5 Å². The van der Waals surface area contributed by atoms with Gasteiger partial charge in [-0.15, -0.1) is 0 Å². The molecule has 2 rings (SSSR count). The van der Waals surface area contributed by atoms with Gasteiger partial charge in [-0.3, -0.25) is 9.59 Å². The number of carboxylic acids is 1. The molecule has 104 valence electrons. The predicted octanol–water partition coefficient (Wildman–Crippen LogP) is 0.518. The first-order valence-electron chi connectivity index (χ1n) is 6.03. The molecule has 20 heavy (non-hydrogen) atoms. The van der Waals surface area contributed by atoms with E-state index in [2.05, 4.69) is 5.32 Å². The molecule has 0 radical (unpaired) electrons. The van der Waals surface area contributed by atoms with Gasteiger partial charge in [0.25, 0.3) is 0 Å². The van der Waals surface area contributed by atoms with E-state index in [0.29, 0.717) is 5.69 Å². The fraction of sp³-hybridized carbons (Fsp3) is 0.143. The quantitative estimate of drug-likeness (QED) is 0.647. The molecule has 0 spiro atoms. The van der Waals surface area contributed by atoms with E-state index in [1.54, 1.807) is 12.1 Å². The molecule has 2 unspecified atom stereocenters. The number of amides is 1. The van der Waals surface area contributed by atoms with E-state index >= 15 is 0 Å². The van der Waals surface area contributed by atoms with Gasteiger partial charge in [0.1, 0.15) is 12.1 Å². The van der Waals surface area contributed by atoms with E-state index < -0.39 is 24.0 Å². The minimum absolute atomic E-state index is 0.570. The number of nitrogens with one attached hydrogen (secondary N) is 1. The highest BCUT2D eigenvalue weighted by Gasteiger charge is 2.27. The van der Waals surface area contributed by atoms with E-state index in [1.165, 1.54) is 0 Å². The fourth-order valence-electron chi connectivity index (χ4n) is 1.87. The maximum absolute atomic E-state index is 11.9. The van der Waals surface area contributed by atoms with Gasteiger partial charge in [0.15, 0.2) is 0 Å². The smallest absolute Gasteiger partial charge is 0.322 e. The van der Waals surface area contributed by atoms with Gasteiger partial charge in [-0.05, 0) is 11.5 Å². The van der Waals surface area contributed by atoms with Crippen LogP contribution in [-0.2, 0) is 9.59 Å².